The van der Waals surface area contributed by atoms with Crippen LogP contribution < -0.4 is 5.32 Å². The second kappa shape index (κ2) is 4.76. The number of hydrogen-bond donors (Lipinski definition) is 1. The summed E-state index contributed by atoms with van der Waals surface area (Å²) in [5, 5.41) is 2.90. The first kappa shape index (κ1) is 13.1. The summed E-state index contributed by atoms with van der Waals surface area (Å²) in [7, 11) is 0. The average molecular weight is 260 g/mol. The zero-order valence-electron chi connectivity index (χ0n) is 10.0. The summed E-state index contributed by atoms with van der Waals surface area (Å²) in [5.41, 5.74) is -1.01. The summed E-state index contributed by atoms with van der Waals surface area (Å²) in [6.45, 7) is 3.11. The third-order valence-corrected chi connectivity index (χ3v) is 3.03. The van der Waals surface area contributed by atoms with E-state index < -0.39 is 11.7 Å². The van der Waals surface area contributed by atoms with Crippen LogP contribution in [-0.4, -0.2) is 23.7 Å². The first-order chi connectivity index (χ1) is 8.39. The lowest BCUT2D eigenvalue weighted by Crippen LogP contribution is -2.32. The van der Waals surface area contributed by atoms with Gasteiger partial charge in [0.15, 0.2) is 0 Å². The highest BCUT2D eigenvalue weighted by molar-refractivity contribution is 5.38. The second-order valence-electron chi connectivity index (χ2n) is 4.68. The first-order valence-corrected chi connectivity index (χ1v) is 5.80. The maximum Gasteiger partial charge on any atom is 0.416 e. The quantitative estimate of drug-likeness (QED) is 0.906. The van der Waals surface area contributed by atoms with E-state index in [1.54, 1.807) is 0 Å². The lowest BCUT2D eigenvalue weighted by molar-refractivity contribution is -0.137. The minimum absolute atomic E-state index is 0.224. The van der Waals surface area contributed by atoms with Crippen LogP contribution in [0, 0.1) is 0 Å². The number of rotatable bonds is 3. The fraction of sp³-hybridized carbons (Fsp3) is 0.583. The van der Waals surface area contributed by atoms with Gasteiger partial charge in [-0.15, -0.1) is 0 Å². The minimum atomic E-state index is -4.34. The van der Waals surface area contributed by atoms with Crippen molar-refractivity contribution in [1.82, 2.24) is 4.98 Å². The molecular weight excluding hydrogens is 245 g/mol. The predicted molar refractivity (Wildman–Crippen MR) is 61.3 cm³/mol. The van der Waals surface area contributed by atoms with Gasteiger partial charge in [0, 0.05) is 19.3 Å². The third kappa shape index (κ3) is 3.13. The Labute approximate surface area is 103 Å². The number of halogens is 3. The molecule has 1 unspecified atom stereocenters. The van der Waals surface area contributed by atoms with E-state index in [1.165, 1.54) is 0 Å². The van der Waals surface area contributed by atoms with E-state index in [2.05, 4.69) is 10.3 Å². The molecule has 1 fully saturated rings. The van der Waals surface area contributed by atoms with Crippen LogP contribution in [0.25, 0.3) is 0 Å². The molecule has 1 saturated heterocycles. The lowest BCUT2D eigenvalue weighted by Gasteiger charge is -2.23. The van der Waals surface area contributed by atoms with Crippen LogP contribution in [0.15, 0.2) is 18.3 Å². The van der Waals surface area contributed by atoms with Gasteiger partial charge in [0.25, 0.3) is 0 Å². The fourth-order valence-corrected chi connectivity index (χ4v) is 1.96. The monoisotopic (exact) mass is 260 g/mol. The maximum atomic E-state index is 12.5. The van der Waals surface area contributed by atoms with Crippen molar-refractivity contribution in [2.24, 2.45) is 0 Å². The van der Waals surface area contributed by atoms with Gasteiger partial charge in [-0.2, -0.15) is 13.2 Å². The Morgan fingerprint density at radius 2 is 2.28 bits per heavy atom. The van der Waals surface area contributed by atoms with E-state index in [9.17, 15) is 13.2 Å². The largest absolute Gasteiger partial charge is 0.416 e. The van der Waals surface area contributed by atoms with Gasteiger partial charge in [0.1, 0.15) is 5.82 Å². The number of nitrogens with zero attached hydrogens (tertiary/aromatic N) is 1. The molecule has 3 nitrogen and oxygen atoms in total. The Bertz CT molecular complexity index is 414. The van der Waals surface area contributed by atoms with Gasteiger partial charge in [-0.3, -0.25) is 0 Å². The predicted octanol–water partition coefficient (Wildman–Crippen LogP) is 3.08. The highest BCUT2D eigenvalue weighted by Crippen LogP contribution is 2.30. The molecule has 1 aliphatic rings. The van der Waals surface area contributed by atoms with E-state index in [4.69, 9.17) is 4.74 Å². The number of anilines is 1. The molecule has 6 heteroatoms. The van der Waals surface area contributed by atoms with Crippen molar-refractivity contribution in [3.63, 3.8) is 0 Å². The molecule has 1 aliphatic heterocycles. The van der Waals surface area contributed by atoms with Crippen molar-refractivity contribution in [3.05, 3.63) is 23.9 Å². The fourth-order valence-electron chi connectivity index (χ4n) is 1.96. The van der Waals surface area contributed by atoms with Crippen LogP contribution in [0.5, 0.6) is 0 Å². The molecule has 1 aromatic rings. The normalized spacial score (nSPS) is 24.2. The number of nitrogens with one attached hydrogen (secondary N) is 1. The summed E-state index contributed by atoms with van der Waals surface area (Å²) in [5.74, 6) is 0.224. The Morgan fingerprint density at radius 1 is 1.50 bits per heavy atom. The van der Waals surface area contributed by atoms with E-state index in [0.717, 1.165) is 31.2 Å². The molecule has 0 radical (unpaired) electrons. The average Bonchev–Trinajstić information content (AvgIpc) is 2.74. The van der Waals surface area contributed by atoms with Crippen LogP contribution >= 0.6 is 0 Å². The van der Waals surface area contributed by atoms with Crippen LogP contribution in [-0.2, 0) is 10.9 Å². The van der Waals surface area contributed by atoms with Crippen LogP contribution in [0.4, 0.5) is 19.0 Å². The van der Waals surface area contributed by atoms with Gasteiger partial charge in [0.2, 0.25) is 0 Å². The van der Waals surface area contributed by atoms with Crippen molar-refractivity contribution >= 4 is 5.82 Å². The van der Waals surface area contributed by atoms with E-state index in [0.29, 0.717) is 13.2 Å². The molecule has 1 aromatic heterocycles. The van der Waals surface area contributed by atoms with Crippen LogP contribution in [0.1, 0.15) is 25.3 Å². The number of ether oxygens (including phenoxy) is 1. The van der Waals surface area contributed by atoms with Crippen LogP contribution in [0.3, 0.4) is 0 Å². The van der Waals surface area contributed by atoms with Gasteiger partial charge < -0.3 is 10.1 Å². The van der Waals surface area contributed by atoms with Crippen LogP contribution in [0.2, 0.25) is 0 Å². The molecule has 0 aliphatic carbocycles. The van der Waals surface area contributed by atoms with Gasteiger partial charge in [-0.05, 0) is 31.9 Å². The molecular formula is C12H15F3N2O. The van der Waals surface area contributed by atoms with Crippen molar-refractivity contribution in [2.75, 3.05) is 18.5 Å². The lowest BCUT2D eigenvalue weighted by atomic mass is 10.0. The standard InChI is InChI=1S/C12H15F3N2O/c1-11(4-2-6-18-11)8-17-10-7-9(3-5-16-10)12(13,14)15/h3,5,7H,2,4,6,8H2,1H3,(H,16,17). The summed E-state index contributed by atoms with van der Waals surface area (Å²) in [4.78, 5) is 3.88. The van der Waals surface area contributed by atoms with Crippen molar-refractivity contribution in [3.8, 4) is 0 Å². The van der Waals surface area contributed by atoms with E-state index in [1.807, 2.05) is 6.92 Å². The number of hydrogen-bond acceptors (Lipinski definition) is 3. The van der Waals surface area contributed by atoms with Gasteiger partial charge in [-0.1, -0.05) is 0 Å². The minimum Gasteiger partial charge on any atom is -0.373 e. The maximum absolute atomic E-state index is 12.5. The summed E-state index contributed by atoms with van der Waals surface area (Å²) < 4.78 is 43.1. The topological polar surface area (TPSA) is 34.2 Å². The van der Waals surface area contributed by atoms with Gasteiger partial charge in [-0.25, -0.2) is 4.98 Å². The smallest absolute Gasteiger partial charge is 0.373 e. The molecule has 1 N–H and O–H groups in total. The molecule has 0 saturated carbocycles. The molecule has 2 heterocycles. The van der Waals surface area contributed by atoms with Gasteiger partial charge in [0.05, 0.1) is 11.2 Å². The number of pyridine rings is 1. The van der Waals surface area contributed by atoms with Gasteiger partial charge >= 0.3 is 6.18 Å². The summed E-state index contributed by atoms with van der Waals surface area (Å²) in [6, 6.07) is 1.97. The molecule has 1 atom stereocenters. The third-order valence-electron chi connectivity index (χ3n) is 3.03. The SMILES string of the molecule is CC1(CNc2cc(C(F)(F)F)ccn2)CCCO1. The highest BCUT2D eigenvalue weighted by atomic mass is 19.4. The summed E-state index contributed by atoms with van der Waals surface area (Å²) >= 11 is 0. The van der Waals surface area contributed by atoms with Crippen molar-refractivity contribution in [1.29, 1.82) is 0 Å². The zero-order chi connectivity index (χ0) is 13.2. The molecule has 18 heavy (non-hydrogen) atoms. The Balaban J connectivity index is 2.01. The zero-order valence-corrected chi connectivity index (χ0v) is 10.0. The number of aromatic nitrogens is 1. The molecule has 0 amide bonds. The second-order valence-corrected chi connectivity index (χ2v) is 4.68. The van der Waals surface area contributed by atoms with E-state index >= 15 is 0 Å². The Kier molecular flexibility index (Phi) is 3.47. The first-order valence-electron chi connectivity index (χ1n) is 5.80. The summed E-state index contributed by atoms with van der Waals surface area (Å²) in [6.07, 6.45) is -1.30. The van der Waals surface area contributed by atoms with Crippen molar-refractivity contribution in [2.45, 2.75) is 31.5 Å². The number of alkyl halides is 3. The molecule has 2 rings (SSSR count). The highest BCUT2D eigenvalue weighted by Gasteiger charge is 2.32. The molecule has 0 bridgehead atoms. The van der Waals surface area contributed by atoms with Crippen molar-refractivity contribution < 1.29 is 17.9 Å². The molecule has 0 aromatic carbocycles. The van der Waals surface area contributed by atoms with E-state index in [-0.39, 0.29) is 11.4 Å². The Morgan fingerprint density at radius 3 is 2.89 bits per heavy atom. The molecule has 0 spiro atoms. The molecule has 100 valence electrons. The Hall–Kier alpha value is -1.30.